The van der Waals surface area contributed by atoms with E-state index in [1.807, 2.05) is 37.3 Å². The number of hydrogen-bond acceptors (Lipinski definition) is 3. The maximum Gasteiger partial charge on any atom is 0.323 e. The van der Waals surface area contributed by atoms with Gasteiger partial charge >= 0.3 is 6.03 Å². The highest BCUT2D eigenvalue weighted by atomic mass is 32.2. The lowest BCUT2D eigenvalue weighted by Crippen LogP contribution is -2.19. The van der Waals surface area contributed by atoms with Crippen molar-refractivity contribution < 1.29 is 17.8 Å². The fourth-order valence-corrected chi connectivity index (χ4v) is 3.71. The van der Waals surface area contributed by atoms with Gasteiger partial charge in [-0.25, -0.2) is 4.79 Å². The van der Waals surface area contributed by atoms with Gasteiger partial charge in [0.2, 0.25) is 0 Å². The minimum absolute atomic E-state index is 0.171. The van der Waals surface area contributed by atoms with Gasteiger partial charge in [-0.2, -0.15) is 8.42 Å². The molecule has 0 heterocycles. The number of hydrogen-bond donors (Lipinski definition) is 3. The van der Waals surface area contributed by atoms with E-state index in [2.05, 4.69) is 16.7 Å². The first-order chi connectivity index (χ1) is 13.8. The topological polar surface area (TPSA) is 95.5 Å². The van der Waals surface area contributed by atoms with Crippen molar-refractivity contribution >= 4 is 49.1 Å². The van der Waals surface area contributed by atoms with Crippen LogP contribution in [0.4, 0.5) is 16.2 Å². The molecule has 0 unspecified atom stereocenters. The molecule has 0 saturated heterocycles. The fourth-order valence-electron chi connectivity index (χ4n) is 3.20. The maximum atomic E-state index is 12.4. The molecule has 3 N–H and O–H groups in total. The van der Waals surface area contributed by atoms with E-state index in [0.29, 0.717) is 16.8 Å². The highest BCUT2D eigenvalue weighted by molar-refractivity contribution is 7.85. The van der Waals surface area contributed by atoms with Crippen molar-refractivity contribution in [3.05, 3.63) is 78.4 Å². The number of aryl methyl sites for hydroxylation is 1. The molecule has 2 amide bonds. The van der Waals surface area contributed by atoms with Crippen molar-refractivity contribution in [3.8, 4) is 0 Å². The summed E-state index contributed by atoms with van der Waals surface area (Å²) in [5.41, 5.74) is 2.42. The lowest BCUT2D eigenvalue weighted by Gasteiger charge is -2.10. The van der Waals surface area contributed by atoms with Crippen LogP contribution in [-0.2, 0) is 10.1 Å². The predicted molar refractivity (Wildman–Crippen MR) is 115 cm³/mol. The third-order valence-corrected chi connectivity index (χ3v) is 5.47. The summed E-state index contributed by atoms with van der Waals surface area (Å²) in [6.07, 6.45) is 0. The molecule has 0 bridgehead atoms. The van der Waals surface area contributed by atoms with Crippen LogP contribution in [0, 0.1) is 6.92 Å². The molecule has 0 aromatic heterocycles. The molecule has 0 aliphatic heterocycles. The number of urea groups is 1. The van der Waals surface area contributed by atoms with Gasteiger partial charge < -0.3 is 10.6 Å². The fraction of sp³-hybridized carbons (Fsp3) is 0.0455. The number of carbonyl (C=O) groups is 1. The molecule has 0 aliphatic rings. The second-order valence-electron chi connectivity index (χ2n) is 6.84. The Hall–Kier alpha value is -3.42. The first-order valence-corrected chi connectivity index (χ1v) is 10.3. The smallest absolute Gasteiger partial charge is 0.308 e. The zero-order valence-electron chi connectivity index (χ0n) is 15.5. The molecule has 6 nitrogen and oxygen atoms in total. The molecule has 4 aromatic carbocycles. The summed E-state index contributed by atoms with van der Waals surface area (Å²) in [6, 6.07) is 20.8. The van der Waals surface area contributed by atoms with E-state index in [-0.39, 0.29) is 10.9 Å². The van der Waals surface area contributed by atoms with E-state index >= 15 is 0 Å². The number of benzene rings is 4. The Morgan fingerprint density at radius 3 is 1.79 bits per heavy atom. The Balaban J connectivity index is 1.52. The van der Waals surface area contributed by atoms with Gasteiger partial charge in [-0.15, -0.1) is 0 Å². The molecular formula is C22H18N2O4S. The molecule has 4 rings (SSSR count). The maximum absolute atomic E-state index is 12.4. The Bertz CT molecular complexity index is 1360. The van der Waals surface area contributed by atoms with Crippen LogP contribution in [0.2, 0.25) is 0 Å². The Morgan fingerprint density at radius 2 is 1.21 bits per heavy atom. The summed E-state index contributed by atoms with van der Waals surface area (Å²) < 4.78 is 31.7. The highest BCUT2D eigenvalue weighted by Gasteiger charge is 2.10. The first kappa shape index (κ1) is 18.9. The molecule has 0 aliphatic carbocycles. The molecule has 0 atom stereocenters. The van der Waals surface area contributed by atoms with Crippen LogP contribution in [0.15, 0.2) is 77.7 Å². The SMILES string of the molecule is Cc1ccc2cc(NC(=O)Nc3ccc4cc(S(=O)(=O)O)ccc4c3)ccc2c1. The molecule has 4 aromatic rings. The third-order valence-electron chi connectivity index (χ3n) is 4.62. The number of nitrogens with one attached hydrogen (secondary N) is 2. The Morgan fingerprint density at radius 1 is 0.724 bits per heavy atom. The van der Waals surface area contributed by atoms with Gasteiger partial charge in [0.25, 0.3) is 10.1 Å². The summed E-state index contributed by atoms with van der Waals surface area (Å²) in [7, 11) is -4.26. The van der Waals surface area contributed by atoms with Crippen LogP contribution >= 0.6 is 0 Å². The minimum Gasteiger partial charge on any atom is -0.308 e. The van der Waals surface area contributed by atoms with Crippen molar-refractivity contribution in [2.45, 2.75) is 11.8 Å². The van der Waals surface area contributed by atoms with Crippen molar-refractivity contribution in [2.75, 3.05) is 10.6 Å². The summed E-state index contributed by atoms with van der Waals surface area (Å²) in [4.78, 5) is 12.2. The van der Waals surface area contributed by atoms with E-state index in [1.54, 1.807) is 24.3 Å². The summed E-state index contributed by atoms with van der Waals surface area (Å²) >= 11 is 0. The lowest BCUT2D eigenvalue weighted by atomic mass is 10.1. The molecule has 146 valence electrons. The van der Waals surface area contributed by atoms with E-state index in [0.717, 1.165) is 16.2 Å². The van der Waals surface area contributed by atoms with Crippen LogP contribution in [0.5, 0.6) is 0 Å². The molecule has 0 radical (unpaired) electrons. The zero-order chi connectivity index (χ0) is 20.6. The van der Waals surface area contributed by atoms with Crippen molar-refractivity contribution in [1.82, 2.24) is 0 Å². The lowest BCUT2D eigenvalue weighted by molar-refractivity contribution is 0.262. The molecule has 0 saturated carbocycles. The van der Waals surface area contributed by atoms with E-state index in [4.69, 9.17) is 4.55 Å². The highest BCUT2D eigenvalue weighted by Crippen LogP contribution is 2.24. The van der Waals surface area contributed by atoms with Crippen molar-refractivity contribution in [2.24, 2.45) is 0 Å². The van der Waals surface area contributed by atoms with Crippen LogP contribution < -0.4 is 10.6 Å². The number of anilines is 2. The van der Waals surface area contributed by atoms with Gasteiger partial charge in [-0.1, -0.05) is 42.0 Å². The van der Waals surface area contributed by atoms with E-state index < -0.39 is 10.1 Å². The standard InChI is InChI=1S/C22H18N2O4S/c1-14-2-3-16-11-19(7-4-15(16)10-14)23-22(25)24-20-8-5-18-13-21(29(26,27)28)9-6-17(18)12-20/h2-13H,1H3,(H2,23,24,25)(H,26,27,28). The average Bonchev–Trinajstić information content (AvgIpc) is 2.67. The van der Waals surface area contributed by atoms with Crippen LogP contribution in [0.25, 0.3) is 21.5 Å². The van der Waals surface area contributed by atoms with E-state index in [9.17, 15) is 13.2 Å². The summed E-state index contributed by atoms with van der Waals surface area (Å²) in [5, 5.41) is 9.09. The molecular weight excluding hydrogens is 388 g/mol. The Kier molecular flexibility index (Phi) is 4.70. The van der Waals surface area contributed by atoms with Crippen LogP contribution in [0.3, 0.4) is 0 Å². The largest absolute Gasteiger partial charge is 0.323 e. The summed E-state index contributed by atoms with van der Waals surface area (Å²) in [6.45, 7) is 2.03. The summed E-state index contributed by atoms with van der Waals surface area (Å²) in [5.74, 6) is 0. The molecule has 29 heavy (non-hydrogen) atoms. The third kappa shape index (κ3) is 4.21. The molecule has 7 heteroatoms. The van der Waals surface area contributed by atoms with E-state index in [1.165, 1.54) is 17.7 Å². The second kappa shape index (κ2) is 7.20. The van der Waals surface area contributed by atoms with Gasteiger partial charge in [-0.3, -0.25) is 4.55 Å². The predicted octanol–water partition coefficient (Wildman–Crippen LogP) is 5.19. The van der Waals surface area contributed by atoms with Crippen LogP contribution in [0.1, 0.15) is 5.56 Å². The number of fused-ring (bicyclic) bond motifs is 2. The average molecular weight is 406 g/mol. The van der Waals surface area contributed by atoms with Gasteiger partial charge in [0.1, 0.15) is 0 Å². The first-order valence-electron chi connectivity index (χ1n) is 8.88. The molecule has 0 spiro atoms. The van der Waals surface area contributed by atoms with Gasteiger partial charge in [0.05, 0.1) is 4.90 Å². The quantitative estimate of drug-likeness (QED) is 0.408. The Labute approximate surface area is 167 Å². The number of carbonyl (C=O) groups excluding carboxylic acids is 1. The second-order valence-corrected chi connectivity index (χ2v) is 8.26. The number of rotatable bonds is 3. The van der Waals surface area contributed by atoms with Crippen molar-refractivity contribution in [1.29, 1.82) is 0 Å². The van der Waals surface area contributed by atoms with Gasteiger partial charge in [-0.05, 0) is 64.9 Å². The zero-order valence-corrected chi connectivity index (χ0v) is 16.3. The van der Waals surface area contributed by atoms with Crippen LogP contribution in [-0.4, -0.2) is 19.0 Å². The van der Waals surface area contributed by atoms with Crippen molar-refractivity contribution in [3.63, 3.8) is 0 Å². The number of amides is 2. The molecule has 0 fully saturated rings. The minimum atomic E-state index is -4.26. The van der Waals surface area contributed by atoms with Gasteiger partial charge in [0, 0.05) is 11.4 Å². The van der Waals surface area contributed by atoms with Gasteiger partial charge in [0.15, 0.2) is 0 Å². The monoisotopic (exact) mass is 406 g/mol. The normalized spacial score (nSPS) is 11.5.